The summed E-state index contributed by atoms with van der Waals surface area (Å²) in [4.78, 5) is 10.8. The zero-order chi connectivity index (χ0) is 12.3. The molecular formula is C11H14BrNO3. The van der Waals surface area contributed by atoms with Crippen molar-refractivity contribution in [2.24, 2.45) is 11.7 Å². The van der Waals surface area contributed by atoms with E-state index in [0.717, 1.165) is 10.0 Å². The topological polar surface area (TPSA) is 72.5 Å². The number of carboxylic acids is 1. The number of hydrogen-bond acceptors (Lipinski definition) is 3. The number of nitrogens with two attached hydrogens (primary N) is 1. The molecule has 0 aliphatic carbocycles. The Hall–Kier alpha value is -1.07. The number of rotatable bonds is 4. The fourth-order valence-corrected chi connectivity index (χ4v) is 1.89. The van der Waals surface area contributed by atoms with E-state index >= 15 is 0 Å². The van der Waals surface area contributed by atoms with Crippen LogP contribution in [0.3, 0.4) is 0 Å². The van der Waals surface area contributed by atoms with Crippen molar-refractivity contribution in [3.63, 3.8) is 0 Å². The van der Waals surface area contributed by atoms with E-state index < -0.39 is 17.9 Å². The van der Waals surface area contributed by atoms with Crippen LogP contribution in [0.25, 0.3) is 0 Å². The summed E-state index contributed by atoms with van der Waals surface area (Å²) in [5.41, 5.74) is 6.62. The molecule has 0 heterocycles. The van der Waals surface area contributed by atoms with Gasteiger partial charge in [0.15, 0.2) is 0 Å². The molecule has 2 atom stereocenters. The second-order valence-electron chi connectivity index (χ2n) is 3.55. The van der Waals surface area contributed by atoms with Gasteiger partial charge in [0.25, 0.3) is 0 Å². The predicted octanol–water partition coefficient (Wildman–Crippen LogP) is 2.18. The SMILES string of the molecule is COc1ccc(C(N)C(C)C(=O)O)cc1Br. The van der Waals surface area contributed by atoms with Crippen molar-refractivity contribution in [2.45, 2.75) is 13.0 Å². The maximum atomic E-state index is 10.8. The number of aliphatic carboxylic acids is 1. The Bertz CT molecular complexity index is 395. The summed E-state index contributed by atoms with van der Waals surface area (Å²) in [5.74, 6) is -0.835. The summed E-state index contributed by atoms with van der Waals surface area (Å²) >= 11 is 3.33. The van der Waals surface area contributed by atoms with Crippen LogP contribution in [0.2, 0.25) is 0 Å². The summed E-state index contributed by atoms with van der Waals surface area (Å²) in [6, 6.07) is 4.78. The molecule has 0 aromatic heterocycles. The van der Waals surface area contributed by atoms with Gasteiger partial charge in [0.05, 0.1) is 17.5 Å². The minimum atomic E-state index is -0.903. The number of benzene rings is 1. The van der Waals surface area contributed by atoms with Gasteiger partial charge in [-0.05, 0) is 33.6 Å². The normalized spacial score (nSPS) is 14.2. The van der Waals surface area contributed by atoms with Crippen molar-refractivity contribution in [3.05, 3.63) is 28.2 Å². The Labute approximate surface area is 103 Å². The van der Waals surface area contributed by atoms with Crippen molar-refractivity contribution in [2.75, 3.05) is 7.11 Å². The predicted molar refractivity (Wildman–Crippen MR) is 64.4 cm³/mol. The molecule has 1 aromatic carbocycles. The molecule has 0 spiro atoms. The Morgan fingerprint density at radius 3 is 2.62 bits per heavy atom. The molecule has 0 aliphatic rings. The summed E-state index contributed by atoms with van der Waals surface area (Å²) in [6.45, 7) is 1.59. The molecule has 1 rings (SSSR count). The van der Waals surface area contributed by atoms with E-state index in [4.69, 9.17) is 15.6 Å². The highest BCUT2D eigenvalue weighted by Gasteiger charge is 2.21. The molecule has 5 heteroatoms. The largest absolute Gasteiger partial charge is 0.496 e. The van der Waals surface area contributed by atoms with Crippen molar-refractivity contribution in [1.82, 2.24) is 0 Å². The lowest BCUT2D eigenvalue weighted by Gasteiger charge is -2.17. The first-order chi connectivity index (χ1) is 7.47. The minimum absolute atomic E-state index is 0.528. The third-order valence-corrected chi connectivity index (χ3v) is 3.11. The standard InChI is InChI=1S/C11H14BrNO3/c1-6(11(14)15)10(13)7-3-4-9(16-2)8(12)5-7/h3-6,10H,13H2,1-2H3,(H,14,15). The molecule has 0 radical (unpaired) electrons. The van der Waals surface area contributed by atoms with E-state index in [1.165, 1.54) is 0 Å². The molecule has 88 valence electrons. The number of ether oxygens (including phenoxy) is 1. The van der Waals surface area contributed by atoms with Crippen LogP contribution in [0.4, 0.5) is 0 Å². The monoisotopic (exact) mass is 287 g/mol. The fourth-order valence-electron chi connectivity index (χ4n) is 1.33. The Morgan fingerprint density at radius 1 is 1.56 bits per heavy atom. The molecule has 16 heavy (non-hydrogen) atoms. The first-order valence-corrected chi connectivity index (χ1v) is 5.58. The third kappa shape index (κ3) is 2.74. The maximum Gasteiger partial charge on any atom is 0.308 e. The molecule has 1 aromatic rings. The molecule has 0 amide bonds. The van der Waals surface area contributed by atoms with Gasteiger partial charge in [0, 0.05) is 6.04 Å². The molecule has 4 nitrogen and oxygen atoms in total. The quantitative estimate of drug-likeness (QED) is 0.890. The highest BCUT2D eigenvalue weighted by molar-refractivity contribution is 9.10. The number of methoxy groups -OCH3 is 1. The van der Waals surface area contributed by atoms with Gasteiger partial charge >= 0.3 is 5.97 Å². The average molecular weight is 288 g/mol. The van der Waals surface area contributed by atoms with Crippen molar-refractivity contribution < 1.29 is 14.6 Å². The Morgan fingerprint density at radius 2 is 2.19 bits per heavy atom. The molecule has 0 aliphatic heterocycles. The van der Waals surface area contributed by atoms with Gasteiger partial charge < -0.3 is 15.6 Å². The van der Waals surface area contributed by atoms with Crippen molar-refractivity contribution >= 4 is 21.9 Å². The zero-order valence-electron chi connectivity index (χ0n) is 9.11. The van der Waals surface area contributed by atoms with Crippen LogP contribution in [0, 0.1) is 5.92 Å². The van der Waals surface area contributed by atoms with E-state index in [1.54, 1.807) is 32.2 Å². The van der Waals surface area contributed by atoms with Crippen molar-refractivity contribution in [3.8, 4) is 5.75 Å². The molecule has 0 fully saturated rings. The van der Waals surface area contributed by atoms with Gasteiger partial charge in [-0.25, -0.2) is 0 Å². The Kier molecular flexibility index (Phi) is 4.32. The highest BCUT2D eigenvalue weighted by atomic mass is 79.9. The minimum Gasteiger partial charge on any atom is -0.496 e. The zero-order valence-corrected chi connectivity index (χ0v) is 10.7. The van der Waals surface area contributed by atoms with Crippen LogP contribution in [0.15, 0.2) is 22.7 Å². The Balaban J connectivity index is 2.97. The van der Waals surface area contributed by atoms with Gasteiger partial charge in [-0.2, -0.15) is 0 Å². The second kappa shape index (κ2) is 5.32. The molecule has 0 saturated heterocycles. The van der Waals surface area contributed by atoms with Gasteiger partial charge in [-0.1, -0.05) is 13.0 Å². The van der Waals surface area contributed by atoms with Crippen LogP contribution < -0.4 is 10.5 Å². The van der Waals surface area contributed by atoms with Crippen LogP contribution in [-0.2, 0) is 4.79 Å². The van der Waals surface area contributed by atoms with Crippen molar-refractivity contribution in [1.29, 1.82) is 0 Å². The van der Waals surface area contributed by atoms with Crippen LogP contribution >= 0.6 is 15.9 Å². The van der Waals surface area contributed by atoms with E-state index in [1.807, 2.05) is 0 Å². The van der Waals surface area contributed by atoms with E-state index in [0.29, 0.717) is 5.75 Å². The lowest BCUT2D eigenvalue weighted by molar-refractivity contribution is -0.141. The molecule has 0 saturated carbocycles. The molecule has 0 bridgehead atoms. The van der Waals surface area contributed by atoms with E-state index in [-0.39, 0.29) is 0 Å². The fraction of sp³-hybridized carbons (Fsp3) is 0.364. The summed E-state index contributed by atoms with van der Waals surface area (Å²) < 4.78 is 5.85. The lowest BCUT2D eigenvalue weighted by atomic mass is 9.95. The number of carboxylic acid groups (broad SMARTS) is 1. The smallest absolute Gasteiger partial charge is 0.308 e. The first kappa shape index (κ1) is 13.0. The van der Waals surface area contributed by atoms with Crippen LogP contribution in [0.1, 0.15) is 18.5 Å². The summed E-state index contributed by atoms with van der Waals surface area (Å²) in [6.07, 6.45) is 0. The van der Waals surface area contributed by atoms with Gasteiger partial charge in [0.2, 0.25) is 0 Å². The second-order valence-corrected chi connectivity index (χ2v) is 4.40. The molecule has 3 N–H and O–H groups in total. The van der Waals surface area contributed by atoms with E-state index in [2.05, 4.69) is 15.9 Å². The summed E-state index contributed by atoms with van der Waals surface area (Å²) in [7, 11) is 1.57. The molecule has 2 unspecified atom stereocenters. The first-order valence-electron chi connectivity index (χ1n) is 4.79. The number of hydrogen-bond donors (Lipinski definition) is 2. The lowest BCUT2D eigenvalue weighted by Crippen LogP contribution is -2.25. The van der Waals surface area contributed by atoms with Gasteiger partial charge in [0.1, 0.15) is 5.75 Å². The van der Waals surface area contributed by atoms with E-state index in [9.17, 15) is 4.79 Å². The van der Waals surface area contributed by atoms with Gasteiger partial charge in [-0.15, -0.1) is 0 Å². The van der Waals surface area contributed by atoms with Crippen LogP contribution in [0.5, 0.6) is 5.75 Å². The number of carbonyl (C=O) groups is 1. The highest BCUT2D eigenvalue weighted by Crippen LogP contribution is 2.29. The summed E-state index contributed by atoms with van der Waals surface area (Å²) in [5, 5.41) is 8.87. The number of halogens is 1. The maximum absolute atomic E-state index is 10.8. The average Bonchev–Trinajstić information content (AvgIpc) is 2.26. The third-order valence-electron chi connectivity index (χ3n) is 2.49. The van der Waals surface area contributed by atoms with Crippen LogP contribution in [-0.4, -0.2) is 18.2 Å². The molecular weight excluding hydrogens is 274 g/mol. The van der Waals surface area contributed by atoms with Gasteiger partial charge in [-0.3, -0.25) is 4.79 Å².